The third-order valence-electron chi connectivity index (χ3n) is 2.95. The molecule has 2 aliphatic rings. The highest BCUT2D eigenvalue weighted by atomic mass is 32.1. The van der Waals surface area contributed by atoms with Crippen LogP contribution < -0.4 is 5.32 Å². The highest BCUT2D eigenvalue weighted by Gasteiger charge is 2.43. The molecule has 0 spiro atoms. The molecule has 1 N–H and O–H groups in total. The molecule has 0 aromatic carbocycles. The molecule has 64 valence electrons. The molecule has 1 aliphatic carbocycles. The van der Waals surface area contributed by atoms with Gasteiger partial charge in [0.25, 0.3) is 0 Å². The van der Waals surface area contributed by atoms with Crippen LogP contribution in [0.5, 0.6) is 0 Å². The first-order valence-electron chi connectivity index (χ1n) is 4.58. The van der Waals surface area contributed by atoms with Gasteiger partial charge >= 0.3 is 0 Å². The second-order valence-corrected chi connectivity index (χ2v) is 4.68. The number of nitrogens with one attached hydrogen (secondary N) is 1. The van der Waals surface area contributed by atoms with E-state index in [1.807, 2.05) is 6.20 Å². The molecule has 1 aliphatic heterocycles. The predicted molar refractivity (Wildman–Crippen MR) is 49.1 cm³/mol. The average molecular weight is 180 g/mol. The minimum atomic E-state index is 0.595. The van der Waals surface area contributed by atoms with E-state index in [-0.39, 0.29) is 0 Å². The van der Waals surface area contributed by atoms with E-state index >= 15 is 0 Å². The first-order valence-corrected chi connectivity index (χ1v) is 5.46. The maximum Gasteiger partial charge on any atom is 0.110 e. The topological polar surface area (TPSA) is 24.9 Å². The Kier molecular flexibility index (Phi) is 1.49. The maximum absolute atomic E-state index is 4.35. The van der Waals surface area contributed by atoms with Crippen LogP contribution in [0.1, 0.15) is 23.9 Å². The highest BCUT2D eigenvalue weighted by Crippen LogP contribution is 2.46. The van der Waals surface area contributed by atoms with Gasteiger partial charge in [-0.1, -0.05) is 0 Å². The molecule has 2 heterocycles. The summed E-state index contributed by atoms with van der Waals surface area (Å²) in [7, 11) is 0. The zero-order valence-corrected chi connectivity index (χ0v) is 7.68. The molecular weight excluding hydrogens is 168 g/mol. The van der Waals surface area contributed by atoms with Gasteiger partial charge in [0, 0.05) is 18.1 Å². The summed E-state index contributed by atoms with van der Waals surface area (Å²) in [6, 6.07) is 0.595. The van der Waals surface area contributed by atoms with Crippen molar-refractivity contribution in [1.82, 2.24) is 10.3 Å². The summed E-state index contributed by atoms with van der Waals surface area (Å²) in [5, 5.41) is 6.83. The van der Waals surface area contributed by atoms with Crippen molar-refractivity contribution in [3.63, 3.8) is 0 Å². The third kappa shape index (κ3) is 1.00. The fourth-order valence-electron chi connectivity index (χ4n) is 1.99. The molecule has 0 bridgehead atoms. The molecule has 2 unspecified atom stereocenters. The number of aromatic nitrogens is 1. The van der Waals surface area contributed by atoms with Gasteiger partial charge < -0.3 is 5.32 Å². The second kappa shape index (κ2) is 2.54. The molecule has 2 atom stereocenters. The molecule has 1 saturated carbocycles. The summed E-state index contributed by atoms with van der Waals surface area (Å²) in [4.78, 5) is 4.35. The van der Waals surface area contributed by atoms with Gasteiger partial charge in [0.05, 0.1) is 6.04 Å². The van der Waals surface area contributed by atoms with E-state index in [1.165, 1.54) is 24.4 Å². The highest BCUT2D eigenvalue weighted by molar-refractivity contribution is 7.09. The Morgan fingerprint density at radius 2 is 2.42 bits per heavy atom. The summed E-state index contributed by atoms with van der Waals surface area (Å²) in [5.74, 6) is 1.91. The summed E-state index contributed by atoms with van der Waals surface area (Å²) in [6.45, 7) is 1.22. The minimum absolute atomic E-state index is 0.595. The first kappa shape index (κ1) is 7.04. The van der Waals surface area contributed by atoms with E-state index in [2.05, 4.69) is 15.7 Å². The van der Waals surface area contributed by atoms with E-state index in [0.717, 1.165) is 11.8 Å². The number of thiazole rings is 1. The normalized spacial score (nSPS) is 34.7. The van der Waals surface area contributed by atoms with Crippen molar-refractivity contribution in [2.24, 2.45) is 11.8 Å². The van der Waals surface area contributed by atoms with Crippen molar-refractivity contribution in [2.45, 2.75) is 18.9 Å². The van der Waals surface area contributed by atoms with Crippen molar-refractivity contribution in [2.75, 3.05) is 6.54 Å². The monoisotopic (exact) mass is 180 g/mol. The van der Waals surface area contributed by atoms with E-state index in [0.29, 0.717) is 6.04 Å². The predicted octanol–water partition coefficient (Wildman–Crippen LogP) is 1.81. The lowest BCUT2D eigenvalue weighted by Crippen LogP contribution is -2.46. The van der Waals surface area contributed by atoms with E-state index in [1.54, 1.807) is 11.3 Å². The molecule has 1 saturated heterocycles. The molecule has 3 heteroatoms. The molecule has 12 heavy (non-hydrogen) atoms. The largest absolute Gasteiger partial charge is 0.307 e. The zero-order valence-electron chi connectivity index (χ0n) is 6.86. The molecular formula is C9H12N2S. The van der Waals surface area contributed by atoms with Crippen LogP contribution in [0.15, 0.2) is 11.6 Å². The second-order valence-electron chi connectivity index (χ2n) is 3.76. The molecule has 1 aromatic heterocycles. The molecule has 2 fully saturated rings. The Bertz CT molecular complexity index is 266. The van der Waals surface area contributed by atoms with Crippen LogP contribution in [0.4, 0.5) is 0 Å². The van der Waals surface area contributed by atoms with Gasteiger partial charge in [0.15, 0.2) is 0 Å². The molecule has 0 radical (unpaired) electrons. The maximum atomic E-state index is 4.35. The summed E-state index contributed by atoms with van der Waals surface area (Å²) < 4.78 is 0. The van der Waals surface area contributed by atoms with Gasteiger partial charge in [0.2, 0.25) is 0 Å². The lowest BCUT2D eigenvalue weighted by Gasteiger charge is -2.37. The van der Waals surface area contributed by atoms with Gasteiger partial charge in [0.1, 0.15) is 5.01 Å². The van der Waals surface area contributed by atoms with Gasteiger partial charge in [-0.05, 0) is 24.7 Å². The average Bonchev–Trinajstić information content (AvgIpc) is 2.65. The van der Waals surface area contributed by atoms with Crippen molar-refractivity contribution in [1.29, 1.82) is 0 Å². The van der Waals surface area contributed by atoms with Crippen LogP contribution in [-0.4, -0.2) is 11.5 Å². The van der Waals surface area contributed by atoms with Gasteiger partial charge in [-0.3, -0.25) is 0 Å². The Balaban J connectivity index is 1.77. The van der Waals surface area contributed by atoms with Crippen molar-refractivity contribution < 1.29 is 0 Å². The van der Waals surface area contributed by atoms with Crippen LogP contribution in [0, 0.1) is 11.8 Å². The Labute approximate surface area is 76.0 Å². The van der Waals surface area contributed by atoms with Crippen LogP contribution in [0.25, 0.3) is 0 Å². The fourth-order valence-corrected chi connectivity index (χ4v) is 2.78. The third-order valence-corrected chi connectivity index (χ3v) is 3.81. The lowest BCUT2D eigenvalue weighted by atomic mass is 9.87. The van der Waals surface area contributed by atoms with Crippen LogP contribution in [-0.2, 0) is 0 Å². The van der Waals surface area contributed by atoms with Gasteiger partial charge in [-0.25, -0.2) is 4.98 Å². The van der Waals surface area contributed by atoms with Crippen molar-refractivity contribution >= 4 is 11.3 Å². The van der Waals surface area contributed by atoms with Crippen LogP contribution >= 0.6 is 11.3 Å². The van der Waals surface area contributed by atoms with Gasteiger partial charge in [-0.2, -0.15) is 0 Å². The zero-order chi connectivity index (χ0) is 7.97. The first-order chi connectivity index (χ1) is 5.95. The molecule has 1 aromatic rings. The van der Waals surface area contributed by atoms with Crippen molar-refractivity contribution in [3.8, 4) is 0 Å². The fraction of sp³-hybridized carbons (Fsp3) is 0.667. The summed E-state index contributed by atoms with van der Waals surface area (Å²) >= 11 is 1.78. The molecule has 3 rings (SSSR count). The standard InChI is InChI=1S/C9H12N2S/c1-2-6(1)7-5-11-8(7)9-10-3-4-12-9/h3-4,6-8,11H,1-2,5H2. The number of hydrogen-bond acceptors (Lipinski definition) is 3. The van der Waals surface area contributed by atoms with E-state index in [4.69, 9.17) is 0 Å². The number of hydrogen-bond donors (Lipinski definition) is 1. The Hall–Kier alpha value is -0.410. The lowest BCUT2D eigenvalue weighted by molar-refractivity contribution is 0.206. The molecule has 0 amide bonds. The van der Waals surface area contributed by atoms with Crippen LogP contribution in [0.3, 0.4) is 0 Å². The van der Waals surface area contributed by atoms with Crippen LogP contribution in [0.2, 0.25) is 0 Å². The minimum Gasteiger partial charge on any atom is -0.307 e. The van der Waals surface area contributed by atoms with E-state index in [9.17, 15) is 0 Å². The SMILES string of the molecule is c1csc(C2NCC2C2CC2)n1. The summed E-state index contributed by atoms with van der Waals surface area (Å²) in [6.07, 6.45) is 4.81. The van der Waals surface area contributed by atoms with Crippen molar-refractivity contribution in [3.05, 3.63) is 16.6 Å². The Morgan fingerprint density at radius 1 is 1.50 bits per heavy atom. The summed E-state index contributed by atoms with van der Waals surface area (Å²) in [5.41, 5.74) is 0. The van der Waals surface area contributed by atoms with Gasteiger partial charge in [-0.15, -0.1) is 11.3 Å². The number of nitrogens with zero attached hydrogens (tertiary/aromatic N) is 1. The quantitative estimate of drug-likeness (QED) is 0.751. The Morgan fingerprint density at radius 3 is 2.92 bits per heavy atom. The van der Waals surface area contributed by atoms with E-state index < -0.39 is 0 Å². The smallest absolute Gasteiger partial charge is 0.110 e. The molecule has 2 nitrogen and oxygen atoms in total. The number of rotatable bonds is 2.